The van der Waals surface area contributed by atoms with E-state index in [9.17, 15) is 14.4 Å². The van der Waals surface area contributed by atoms with Crippen molar-refractivity contribution in [3.63, 3.8) is 0 Å². The van der Waals surface area contributed by atoms with E-state index in [2.05, 4.69) is 14.8 Å². The fraction of sp³-hybridized carbons (Fsp3) is 0.625. The van der Waals surface area contributed by atoms with E-state index in [-0.39, 0.29) is 6.61 Å². The number of methoxy groups -OCH3 is 1. The molecule has 0 aliphatic carbocycles. The predicted molar refractivity (Wildman–Crippen MR) is 46.3 cm³/mol. The molecule has 0 bridgehead atoms. The molecule has 1 amide bonds. The molecule has 0 fully saturated rings. The molecular weight excluding hydrogens is 190 g/mol. The highest BCUT2D eigenvalue weighted by Crippen LogP contribution is 1.91. The van der Waals surface area contributed by atoms with Crippen LogP contribution in [0.2, 0.25) is 0 Å². The molecule has 14 heavy (non-hydrogen) atoms. The molecule has 0 unspecified atom stereocenters. The lowest BCUT2D eigenvalue weighted by molar-refractivity contribution is -0.150. The predicted octanol–water partition coefficient (Wildman–Crippen LogP) is -0.773. The minimum atomic E-state index is -0.943. The number of hydrogen-bond acceptors (Lipinski definition) is 5. The van der Waals surface area contributed by atoms with Gasteiger partial charge in [0.1, 0.15) is 6.61 Å². The fourth-order valence-electron chi connectivity index (χ4n) is 0.757. The molecule has 0 aromatic carbocycles. The van der Waals surface area contributed by atoms with E-state index in [1.165, 1.54) is 21.0 Å². The van der Waals surface area contributed by atoms with Crippen molar-refractivity contribution in [3.8, 4) is 0 Å². The normalized spacial score (nSPS) is 11.4. The lowest BCUT2D eigenvalue weighted by atomic mass is 10.3. The summed E-state index contributed by atoms with van der Waals surface area (Å²) in [6, 6.07) is -0.943. The Labute approximate surface area is 81.6 Å². The van der Waals surface area contributed by atoms with E-state index in [0.717, 1.165) is 0 Å². The van der Waals surface area contributed by atoms with Crippen molar-refractivity contribution in [2.75, 3.05) is 13.7 Å². The Hall–Kier alpha value is -1.59. The van der Waals surface area contributed by atoms with E-state index >= 15 is 0 Å². The van der Waals surface area contributed by atoms with Gasteiger partial charge in [0.2, 0.25) is 5.91 Å². The summed E-state index contributed by atoms with van der Waals surface area (Å²) in [5, 5.41) is 2.30. The van der Waals surface area contributed by atoms with Gasteiger partial charge in [0.05, 0.1) is 7.11 Å². The van der Waals surface area contributed by atoms with Gasteiger partial charge in [-0.2, -0.15) is 0 Å². The van der Waals surface area contributed by atoms with Gasteiger partial charge in [0, 0.05) is 13.8 Å². The second-order valence-corrected chi connectivity index (χ2v) is 2.58. The number of nitrogens with one attached hydrogen (secondary N) is 1. The SMILES string of the molecule is COC(=O)[C@H](COC(C)=O)NC(C)=O. The molecule has 1 N–H and O–H groups in total. The van der Waals surface area contributed by atoms with Crippen LogP contribution in [0.5, 0.6) is 0 Å². The molecule has 6 heteroatoms. The van der Waals surface area contributed by atoms with Crippen molar-refractivity contribution < 1.29 is 23.9 Å². The average molecular weight is 203 g/mol. The van der Waals surface area contributed by atoms with Crippen LogP contribution in [0, 0.1) is 0 Å². The number of ether oxygens (including phenoxy) is 2. The van der Waals surface area contributed by atoms with Crippen molar-refractivity contribution in [1.82, 2.24) is 5.32 Å². The van der Waals surface area contributed by atoms with Gasteiger partial charge in [-0.3, -0.25) is 9.59 Å². The number of hydrogen-bond donors (Lipinski definition) is 1. The molecular formula is C8H13NO5. The largest absolute Gasteiger partial charge is 0.467 e. The standard InChI is InChI=1S/C8H13NO5/c1-5(10)9-7(8(12)13-3)4-14-6(2)11/h7H,4H2,1-3H3,(H,9,10)/t7-/m0/s1. The Morgan fingerprint density at radius 3 is 2.21 bits per heavy atom. The van der Waals surface area contributed by atoms with Crippen molar-refractivity contribution in [3.05, 3.63) is 0 Å². The molecule has 0 aliphatic heterocycles. The molecule has 0 saturated carbocycles. The zero-order valence-corrected chi connectivity index (χ0v) is 8.33. The molecule has 0 aliphatic rings. The summed E-state index contributed by atoms with van der Waals surface area (Å²) >= 11 is 0. The number of carbonyl (C=O) groups excluding carboxylic acids is 3. The second-order valence-electron chi connectivity index (χ2n) is 2.58. The number of amides is 1. The Morgan fingerprint density at radius 2 is 1.86 bits per heavy atom. The minimum absolute atomic E-state index is 0.221. The summed E-state index contributed by atoms with van der Waals surface area (Å²) in [6.45, 7) is 2.24. The van der Waals surface area contributed by atoms with Crippen LogP contribution in [-0.4, -0.2) is 37.6 Å². The van der Waals surface area contributed by atoms with Gasteiger partial charge in [-0.15, -0.1) is 0 Å². The first-order chi connectivity index (χ1) is 6.47. The van der Waals surface area contributed by atoms with Crippen molar-refractivity contribution >= 4 is 17.8 Å². The van der Waals surface area contributed by atoms with Crippen LogP contribution < -0.4 is 5.32 Å². The molecule has 0 aromatic rings. The van der Waals surface area contributed by atoms with Crippen LogP contribution in [0.1, 0.15) is 13.8 Å². The summed E-state index contributed by atoms with van der Waals surface area (Å²) in [6.07, 6.45) is 0. The minimum Gasteiger partial charge on any atom is -0.467 e. The molecule has 6 nitrogen and oxygen atoms in total. The first-order valence-electron chi connectivity index (χ1n) is 3.95. The van der Waals surface area contributed by atoms with E-state index in [0.29, 0.717) is 0 Å². The van der Waals surface area contributed by atoms with Crippen LogP contribution >= 0.6 is 0 Å². The highest BCUT2D eigenvalue weighted by Gasteiger charge is 2.21. The van der Waals surface area contributed by atoms with Crippen molar-refractivity contribution in [2.45, 2.75) is 19.9 Å². The Bertz CT molecular complexity index is 238. The number of carbonyl (C=O) groups is 3. The quantitative estimate of drug-likeness (QED) is 0.606. The van der Waals surface area contributed by atoms with Gasteiger partial charge in [-0.05, 0) is 0 Å². The van der Waals surface area contributed by atoms with Gasteiger partial charge in [0.25, 0.3) is 0 Å². The monoisotopic (exact) mass is 203 g/mol. The van der Waals surface area contributed by atoms with E-state index in [1.54, 1.807) is 0 Å². The van der Waals surface area contributed by atoms with Crippen LogP contribution in [0.3, 0.4) is 0 Å². The van der Waals surface area contributed by atoms with Crippen LogP contribution in [0.25, 0.3) is 0 Å². The van der Waals surface area contributed by atoms with E-state index in [1.807, 2.05) is 0 Å². The number of esters is 2. The van der Waals surface area contributed by atoms with Crippen LogP contribution in [-0.2, 0) is 23.9 Å². The zero-order chi connectivity index (χ0) is 11.1. The Morgan fingerprint density at radius 1 is 1.29 bits per heavy atom. The van der Waals surface area contributed by atoms with Gasteiger partial charge in [0.15, 0.2) is 6.04 Å². The Kier molecular flexibility index (Phi) is 5.28. The second kappa shape index (κ2) is 5.95. The van der Waals surface area contributed by atoms with Crippen LogP contribution in [0.15, 0.2) is 0 Å². The van der Waals surface area contributed by atoms with E-state index < -0.39 is 23.9 Å². The molecule has 1 atom stereocenters. The molecule has 0 spiro atoms. The topological polar surface area (TPSA) is 81.7 Å². The van der Waals surface area contributed by atoms with Gasteiger partial charge >= 0.3 is 11.9 Å². The smallest absolute Gasteiger partial charge is 0.331 e. The summed E-state index contributed by atoms with van der Waals surface area (Å²) in [5.41, 5.74) is 0. The third kappa shape index (κ3) is 5.13. The maximum Gasteiger partial charge on any atom is 0.331 e. The Balaban J connectivity index is 4.17. The lowest BCUT2D eigenvalue weighted by Crippen LogP contribution is -2.44. The fourth-order valence-corrected chi connectivity index (χ4v) is 0.757. The molecule has 0 aromatic heterocycles. The third-order valence-electron chi connectivity index (χ3n) is 1.32. The molecule has 0 heterocycles. The summed E-state index contributed by atoms with van der Waals surface area (Å²) in [7, 11) is 1.19. The summed E-state index contributed by atoms with van der Waals surface area (Å²) in [5.74, 6) is -1.57. The molecule has 80 valence electrons. The first-order valence-corrected chi connectivity index (χ1v) is 3.95. The first kappa shape index (κ1) is 12.4. The zero-order valence-electron chi connectivity index (χ0n) is 8.33. The molecule has 0 saturated heterocycles. The highest BCUT2D eigenvalue weighted by molar-refractivity contribution is 5.83. The van der Waals surface area contributed by atoms with Gasteiger partial charge in [-0.25, -0.2) is 4.79 Å². The molecule has 0 rings (SSSR count). The van der Waals surface area contributed by atoms with Crippen LogP contribution in [0.4, 0.5) is 0 Å². The van der Waals surface area contributed by atoms with E-state index in [4.69, 9.17) is 0 Å². The maximum atomic E-state index is 11.0. The highest BCUT2D eigenvalue weighted by atomic mass is 16.5. The summed E-state index contributed by atoms with van der Waals surface area (Å²) < 4.78 is 8.97. The third-order valence-corrected chi connectivity index (χ3v) is 1.32. The van der Waals surface area contributed by atoms with Gasteiger partial charge < -0.3 is 14.8 Å². The molecule has 0 radical (unpaired) electrons. The van der Waals surface area contributed by atoms with Gasteiger partial charge in [-0.1, -0.05) is 0 Å². The maximum absolute atomic E-state index is 11.0. The van der Waals surface area contributed by atoms with Crippen molar-refractivity contribution in [1.29, 1.82) is 0 Å². The average Bonchev–Trinajstić information content (AvgIpc) is 2.10. The van der Waals surface area contributed by atoms with Crippen molar-refractivity contribution in [2.24, 2.45) is 0 Å². The number of rotatable bonds is 4. The lowest BCUT2D eigenvalue weighted by Gasteiger charge is -2.14. The summed E-state index contributed by atoms with van der Waals surface area (Å²) in [4.78, 5) is 32.1.